The van der Waals surface area contributed by atoms with Crippen molar-refractivity contribution in [1.29, 1.82) is 0 Å². The summed E-state index contributed by atoms with van der Waals surface area (Å²) >= 11 is 0. The van der Waals surface area contributed by atoms with Gasteiger partial charge in [0.2, 0.25) is 0 Å². The van der Waals surface area contributed by atoms with E-state index >= 15 is 0 Å². The Morgan fingerprint density at radius 1 is 1.21 bits per heavy atom. The largest absolute Gasteiger partial charge is 0.252 e. The van der Waals surface area contributed by atoms with Crippen LogP contribution in [-0.2, 0) is 0 Å². The Bertz CT molecular complexity index is 498. The molecule has 2 rings (SSSR count). The number of hydrogen-bond donors (Lipinski definition) is 0. The number of aryl methyl sites for hydroxylation is 2. The molecule has 70 valence electrons. The molecule has 0 unspecified atom stereocenters. The fraction of sp³-hybridized carbons (Fsp3) is 0.154. The summed E-state index contributed by atoms with van der Waals surface area (Å²) in [4.78, 5) is 4.54. The zero-order valence-corrected chi connectivity index (χ0v) is 8.54. The number of hydrogen-bond acceptors (Lipinski definition) is 1. The van der Waals surface area contributed by atoms with Crippen LogP contribution in [0.15, 0.2) is 30.8 Å². The van der Waals surface area contributed by atoms with Gasteiger partial charge in [-0.25, -0.2) is 0 Å². The summed E-state index contributed by atoms with van der Waals surface area (Å²) in [5.74, 6) is 0. The molecule has 0 fully saturated rings. The van der Waals surface area contributed by atoms with Crippen molar-refractivity contribution in [2.45, 2.75) is 13.8 Å². The van der Waals surface area contributed by atoms with E-state index in [1.807, 2.05) is 31.2 Å². The molecule has 1 heterocycles. The summed E-state index contributed by atoms with van der Waals surface area (Å²) in [5.41, 5.74) is 4.54. The predicted molar refractivity (Wildman–Crippen MR) is 61.3 cm³/mol. The summed E-state index contributed by atoms with van der Waals surface area (Å²) in [6.07, 6.45) is 1.88. The van der Waals surface area contributed by atoms with E-state index in [9.17, 15) is 0 Å². The molecule has 2 aromatic rings. The van der Waals surface area contributed by atoms with Crippen molar-refractivity contribution < 1.29 is 0 Å². The third-order valence-corrected chi connectivity index (χ3v) is 2.59. The fourth-order valence-electron chi connectivity index (χ4n) is 1.85. The van der Waals surface area contributed by atoms with Gasteiger partial charge in [0.1, 0.15) is 0 Å². The standard InChI is InChI=1S/C13H13N/c1-4-11-9(2)12-7-5-6-8-13(12)14-10(11)3/h4-8H,1H2,2-3H3. The van der Waals surface area contributed by atoms with Gasteiger partial charge in [-0.3, -0.25) is 4.98 Å². The number of nitrogens with zero attached hydrogens (tertiary/aromatic N) is 1. The van der Waals surface area contributed by atoms with E-state index in [1.54, 1.807) is 0 Å². The lowest BCUT2D eigenvalue weighted by Gasteiger charge is -2.08. The van der Waals surface area contributed by atoms with Gasteiger partial charge >= 0.3 is 0 Å². The highest BCUT2D eigenvalue weighted by atomic mass is 14.7. The average Bonchev–Trinajstić information content (AvgIpc) is 2.18. The molecule has 1 nitrogen and oxygen atoms in total. The zero-order valence-electron chi connectivity index (χ0n) is 8.54. The van der Waals surface area contributed by atoms with E-state index in [0.29, 0.717) is 0 Å². The minimum absolute atomic E-state index is 1.05. The van der Waals surface area contributed by atoms with Crippen LogP contribution < -0.4 is 0 Å². The van der Waals surface area contributed by atoms with E-state index in [0.717, 1.165) is 16.8 Å². The molecule has 0 saturated carbocycles. The van der Waals surface area contributed by atoms with Crippen molar-refractivity contribution in [3.05, 3.63) is 47.7 Å². The number of fused-ring (bicyclic) bond motifs is 1. The molecule has 0 bridgehead atoms. The van der Waals surface area contributed by atoms with E-state index in [-0.39, 0.29) is 0 Å². The summed E-state index contributed by atoms with van der Waals surface area (Å²) in [6.45, 7) is 7.96. The summed E-state index contributed by atoms with van der Waals surface area (Å²) in [7, 11) is 0. The Hall–Kier alpha value is -1.63. The van der Waals surface area contributed by atoms with Crippen LogP contribution in [0.2, 0.25) is 0 Å². The highest BCUT2D eigenvalue weighted by Crippen LogP contribution is 2.22. The van der Waals surface area contributed by atoms with E-state index in [2.05, 4.69) is 24.6 Å². The Balaban J connectivity index is 2.92. The van der Waals surface area contributed by atoms with E-state index < -0.39 is 0 Å². The number of benzene rings is 1. The first-order valence-corrected chi connectivity index (χ1v) is 4.72. The van der Waals surface area contributed by atoms with Crippen LogP contribution in [0.4, 0.5) is 0 Å². The van der Waals surface area contributed by atoms with Crippen molar-refractivity contribution in [2.24, 2.45) is 0 Å². The van der Waals surface area contributed by atoms with Crippen LogP contribution in [0.25, 0.3) is 17.0 Å². The second kappa shape index (κ2) is 3.26. The molecule has 0 amide bonds. The lowest BCUT2D eigenvalue weighted by Crippen LogP contribution is -1.92. The number of pyridine rings is 1. The van der Waals surface area contributed by atoms with Gasteiger partial charge in [0.15, 0.2) is 0 Å². The van der Waals surface area contributed by atoms with Crippen molar-refractivity contribution in [2.75, 3.05) is 0 Å². The van der Waals surface area contributed by atoms with Gasteiger partial charge in [0.05, 0.1) is 5.52 Å². The molecule has 0 aliphatic heterocycles. The normalized spacial score (nSPS) is 10.4. The first-order valence-electron chi connectivity index (χ1n) is 4.72. The van der Waals surface area contributed by atoms with Crippen molar-refractivity contribution in [3.8, 4) is 0 Å². The molecule has 1 aromatic heterocycles. The maximum Gasteiger partial charge on any atom is 0.0708 e. The summed E-state index contributed by atoms with van der Waals surface area (Å²) < 4.78 is 0. The lowest BCUT2D eigenvalue weighted by atomic mass is 10.0. The van der Waals surface area contributed by atoms with Crippen LogP contribution in [0.5, 0.6) is 0 Å². The van der Waals surface area contributed by atoms with Crippen LogP contribution >= 0.6 is 0 Å². The number of aromatic nitrogens is 1. The molecule has 1 aromatic carbocycles. The first-order chi connectivity index (χ1) is 6.74. The first kappa shape index (κ1) is 8.95. The quantitative estimate of drug-likeness (QED) is 0.659. The molecule has 0 radical (unpaired) electrons. The molecular formula is C13H13N. The SMILES string of the molecule is C=Cc1c(C)nc2ccccc2c1C. The fourth-order valence-corrected chi connectivity index (χ4v) is 1.85. The second-order valence-electron chi connectivity index (χ2n) is 3.46. The smallest absolute Gasteiger partial charge is 0.0708 e. The molecule has 0 atom stereocenters. The van der Waals surface area contributed by atoms with Crippen molar-refractivity contribution in [1.82, 2.24) is 4.98 Å². The Morgan fingerprint density at radius 3 is 2.64 bits per heavy atom. The maximum absolute atomic E-state index is 4.54. The maximum atomic E-state index is 4.54. The van der Waals surface area contributed by atoms with Crippen LogP contribution in [-0.4, -0.2) is 4.98 Å². The third kappa shape index (κ3) is 1.22. The highest BCUT2D eigenvalue weighted by Gasteiger charge is 2.04. The molecule has 14 heavy (non-hydrogen) atoms. The number of para-hydroxylation sites is 1. The minimum Gasteiger partial charge on any atom is -0.252 e. The Kier molecular flexibility index (Phi) is 2.08. The Morgan fingerprint density at radius 2 is 1.93 bits per heavy atom. The molecular weight excluding hydrogens is 170 g/mol. The number of rotatable bonds is 1. The predicted octanol–water partition coefficient (Wildman–Crippen LogP) is 3.49. The molecule has 0 spiro atoms. The zero-order chi connectivity index (χ0) is 10.1. The average molecular weight is 183 g/mol. The van der Waals surface area contributed by atoms with Gasteiger partial charge < -0.3 is 0 Å². The Labute approximate surface area is 84.1 Å². The van der Waals surface area contributed by atoms with Gasteiger partial charge in [0.25, 0.3) is 0 Å². The van der Waals surface area contributed by atoms with Crippen LogP contribution in [0, 0.1) is 13.8 Å². The van der Waals surface area contributed by atoms with Crippen LogP contribution in [0.1, 0.15) is 16.8 Å². The van der Waals surface area contributed by atoms with Crippen molar-refractivity contribution >= 4 is 17.0 Å². The molecule has 0 N–H and O–H groups in total. The summed E-state index contributed by atoms with van der Waals surface area (Å²) in [6, 6.07) is 8.20. The summed E-state index contributed by atoms with van der Waals surface area (Å²) in [5, 5.41) is 1.22. The van der Waals surface area contributed by atoms with Gasteiger partial charge in [-0.1, -0.05) is 30.9 Å². The van der Waals surface area contributed by atoms with Gasteiger partial charge in [-0.05, 0) is 31.0 Å². The van der Waals surface area contributed by atoms with Crippen molar-refractivity contribution in [3.63, 3.8) is 0 Å². The molecule has 0 saturated heterocycles. The van der Waals surface area contributed by atoms with Gasteiger partial charge in [-0.15, -0.1) is 0 Å². The lowest BCUT2D eigenvalue weighted by molar-refractivity contribution is 1.22. The molecule has 0 aliphatic rings. The second-order valence-corrected chi connectivity index (χ2v) is 3.46. The van der Waals surface area contributed by atoms with Gasteiger partial charge in [0, 0.05) is 11.1 Å². The van der Waals surface area contributed by atoms with E-state index in [1.165, 1.54) is 10.9 Å². The van der Waals surface area contributed by atoms with Gasteiger partial charge in [-0.2, -0.15) is 0 Å². The molecule has 1 heteroatoms. The van der Waals surface area contributed by atoms with Crippen LogP contribution in [0.3, 0.4) is 0 Å². The highest BCUT2D eigenvalue weighted by molar-refractivity contribution is 5.85. The molecule has 0 aliphatic carbocycles. The third-order valence-electron chi connectivity index (χ3n) is 2.59. The monoisotopic (exact) mass is 183 g/mol. The minimum atomic E-state index is 1.05. The van der Waals surface area contributed by atoms with E-state index in [4.69, 9.17) is 0 Å². The topological polar surface area (TPSA) is 12.9 Å².